The van der Waals surface area contributed by atoms with Crippen molar-refractivity contribution in [2.45, 2.75) is 26.5 Å². The molecule has 0 saturated carbocycles. The third-order valence-electron chi connectivity index (χ3n) is 2.98. The van der Waals surface area contributed by atoms with Crippen molar-refractivity contribution in [1.82, 2.24) is 9.88 Å². The molecule has 20 heavy (non-hydrogen) atoms. The van der Waals surface area contributed by atoms with Crippen molar-refractivity contribution in [3.05, 3.63) is 41.2 Å². The SMILES string of the molecule is CCN(Cc1coc(-c2cccc(Cl)c2)n1)C[C@@H](C)O. The van der Waals surface area contributed by atoms with Gasteiger partial charge in [-0.05, 0) is 31.7 Å². The van der Waals surface area contributed by atoms with E-state index in [0.29, 0.717) is 24.0 Å². The maximum atomic E-state index is 9.45. The fraction of sp³-hybridized carbons (Fsp3) is 0.400. The molecule has 1 aromatic heterocycles. The summed E-state index contributed by atoms with van der Waals surface area (Å²) in [5.41, 5.74) is 1.71. The average molecular weight is 295 g/mol. The van der Waals surface area contributed by atoms with Crippen LogP contribution >= 0.6 is 11.6 Å². The van der Waals surface area contributed by atoms with E-state index in [9.17, 15) is 5.11 Å². The average Bonchev–Trinajstić information content (AvgIpc) is 2.86. The van der Waals surface area contributed by atoms with Crippen molar-refractivity contribution in [3.63, 3.8) is 0 Å². The highest BCUT2D eigenvalue weighted by Gasteiger charge is 2.11. The van der Waals surface area contributed by atoms with Crippen molar-refractivity contribution >= 4 is 11.6 Å². The summed E-state index contributed by atoms with van der Waals surface area (Å²) < 4.78 is 5.50. The lowest BCUT2D eigenvalue weighted by Gasteiger charge is -2.20. The van der Waals surface area contributed by atoms with Gasteiger partial charge in [-0.3, -0.25) is 4.90 Å². The lowest BCUT2D eigenvalue weighted by Crippen LogP contribution is -2.30. The van der Waals surface area contributed by atoms with Gasteiger partial charge in [0.1, 0.15) is 6.26 Å². The summed E-state index contributed by atoms with van der Waals surface area (Å²) >= 11 is 5.96. The Hall–Kier alpha value is -1.36. The molecule has 4 nitrogen and oxygen atoms in total. The molecule has 0 saturated heterocycles. The van der Waals surface area contributed by atoms with Crippen LogP contribution in [0, 0.1) is 0 Å². The predicted octanol–water partition coefficient (Wildman–Crippen LogP) is 3.20. The first kappa shape index (κ1) is 15.0. The Bertz CT molecular complexity index is 554. The molecule has 5 heteroatoms. The highest BCUT2D eigenvalue weighted by molar-refractivity contribution is 6.30. The van der Waals surface area contributed by atoms with Gasteiger partial charge < -0.3 is 9.52 Å². The zero-order chi connectivity index (χ0) is 14.5. The van der Waals surface area contributed by atoms with Gasteiger partial charge in [-0.25, -0.2) is 4.98 Å². The summed E-state index contributed by atoms with van der Waals surface area (Å²) in [4.78, 5) is 6.58. The molecule has 2 rings (SSSR count). The third-order valence-corrected chi connectivity index (χ3v) is 3.21. The van der Waals surface area contributed by atoms with E-state index in [0.717, 1.165) is 17.8 Å². The summed E-state index contributed by atoms with van der Waals surface area (Å²) in [6.45, 7) is 5.97. The number of aliphatic hydroxyl groups excluding tert-OH is 1. The first-order valence-electron chi connectivity index (χ1n) is 6.69. The fourth-order valence-corrected chi connectivity index (χ4v) is 2.23. The molecule has 0 aliphatic carbocycles. The third kappa shape index (κ3) is 4.07. The van der Waals surface area contributed by atoms with Gasteiger partial charge in [-0.2, -0.15) is 0 Å². The van der Waals surface area contributed by atoms with Gasteiger partial charge in [0, 0.05) is 23.7 Å². The summed E-state index contributed by atoms with van der Waals surface area (Å²) in [6.07, 6.45) is 1.30. The Morgan fingerprint density at radius 1 is 1.45 bits per heavy atom. The van der Waals surface area contributed by atoms with Crippen molar-refractivity contribution in [2.75, 3.05) is 13.1 Å². The molecule has 0 unspecified atom stereocenters. The van der Waals surface area contributed by atoms with Gasteiger partial charge in [-0.15, -0.1) is 0 Å². The molecule has 0 aliphatic heterocycles. The Labute approximate surface area is 124 Å². The summed E-state index contributed by atoms with van der Waals surface area (Å²) in [7, 11) is 0. The largest absolute Gasteiger partial charge is 0.444 e. The van der Waals surface area contributed by atoms with Gasteiger partial charge in [0.25, 0.3) is 0 Å². The van der Waals surface area contributed by atoms with Gasteiger partial charge in [0.05, 0.1) is 11.8 Å². The van der Waals surface area contributed by atoms with Crippen LogP contribution in [-0.4, -0.2) is 34.2 Å². The quantitative estimate of drug-likeness (QED) is 0.889. The fourth-order valence-electron chi connectivity index (χ4n) is 2.04. The monoisotopic (exact) mass is 294 g/mol. The molecule has 108 valence electrons. The molecule has 2 aromatic rings. The Kier molecular flexibility index (Phi) is 5.17. The Morgan fingerprint density at radius 2 is 2.25 bits per heavy atom. The van der Waals surface area contributed by atoms with Gasteiger partial charge >= 0.3 is 0 Å². The van der Waals surface area contributed by atoms with E-state index < -0.39 is 0 Å². The molecule has 0 fully saturated rings. The normalized spacial score (nSPS) is 12.8. The van der Waals surface area contributed by atoms with Crippen LogP contribution in [0.4, 0.5) is 0 Å². The number of benzene rings is 1. The van der Waals surface area contributed by atoms with E-state index >= 15 is 0 Å². The predicted molar refractivity (Wildman–Crippen MR) is 79.6 cm³/mol. The molecule has 0 amide bonds. The van der Waals surface area contributed by atoms with E-state index in [1.165, 1.54) is 0 Å². The summed E-state index contributed by atoms with van der Waals surface area (Å²) in [5.74, 6) is 0.565. The minimum Gasteiger partial charge on any atom is -0.444 e. The molecule has 0 bridgehead atoms. The topological polar surface area (TPSA) is 49.5 Å². The Balaban J connectivity index is 2.09. The summed E-state index contributed by atoms with van der Waals surface area (Å²) in [6, 6.07) is 7.42. The molecule has 1 aromatic carbocycles. The van der Waals surface area contributed by atoms with Gasteiger partial charge in [0.2, 0.25) is 5.89 Å². The lowest BCUT2D eigenvalue weighted by molar-refractivity contribution is 0.125. The number of oxazole rings is 1. The number of aliphatic hydroxyl groups is 1. The first-order chi connectivity index (χ1) is 9.58. The molecule has 0 aliphatic rings. The van der Waals surface area contributed by atoms with Crippen molar-refractivity contribution in [1.29, 1.82) is 0 Å². The molecule has 1 atom stereocenters. The minimum atomic E-state index is -0.353. The maximum absolute atomic E-state index is 9.45. The number of hydrogen-bond donors (Lipinski definition) is 1. The van der Waals surface area contributed by atoms with Crippen molar-refractivity contribution in [2.24, 2.45) is 0 Å². The maximum Gasteiger partial charge on any atom is 0.226 e. The zero-order valence-corrected chi connectivity index (χ0v) is 12.5. The van der Waals surface area contributed by atoms with E-state index in [2.05, 4.69) is 16.8 Å². The Morgan fingerprint density at radius 3 is 2.90 bits per heavy atom. The molecule has 1 heterocycles. The second-order valence-corrected chi connectivity index (χ2v) is 5.27. The van der Waals surface area contributed by atoms with Crippen LogP contribution in [0.15, 0.2) is 34.9 Å². The highest BCUT2D eigenvalue weighted by Crippen LogP contribution is 2.22. The van der Waals surface area contributed by atoms with Crippen LogP contribution < -0.4 is 0 Å². The van der Waals surface area contributed by atoms with E-state index in [4.69, 9.17) is 16.0 Å². The number of halogens is 1. The number of aromatic nitrogens is 1. The highest BCUT2D eigenvalue weighted by atomic mass is 35.5. The summed E-state index contributed by atoms with van der Waals surface area (Å²) in [5, 5.41) is 10.1. The number of rotatable bonds is 6. The van der Waals surface area contributed by atoms with Crippen LogP contribution in [0.2, 0.25) is 5.02 Å². The second-order valence-electron chi connectivity index (χ2n) is 4.83. The van der Waals surface area contributed by atoms with Crippen molar-refractivity contribution < 1.29 is 9.52 Å². The van der Waals surface area contributed by atoms with Crippen molar-refractivity contribution in [3.8, 4) is 11.5 Å². The first-order valence-corrected chi connectivity index (χ1v) is 7.07. The van der Waals surface area contributed by atoms with E-state index in [1.54, 1.807) is 13.2 Å². The molecule has 0 radical (unpaired) electrons. The molecular formula is C15H19ClN2O2. The van der Waals surface area contributed by atoms with E-state index in [-0.39, 0.29) is 6.10 Å². The van der Waals surface area contributed by atoms with Crippen LogP contribution in [0.3, 0.4) is 0 Å². The van der Waals surface area contributed by atoms with Gasteiger partial charge in [-0.1, -0.05) is 24.6 Å². The number of likely N-dealkylation sites (N-methyl/N-ethyl adjacent to an activating group) is 1. The van der Waals surface area contributed by atoms with Gasteiger partial charge in [0.15, 0.2) is 0 Å². The minimum absolute atomic E-state index is 0.353. The van der Waals surface area contributed by atoms with E-state index in [1.807, 2.05) is 24.3 Å². The second kappa shape index (κ2) is 6.88. The number of hydrogen-bond acceptors (Lipinski definition) is 4. The smallest absolute Gasteiger partial charge is 0.226 e. The standard InChI is InChI=1S/C15H19ClN2O2/c1-3-18(8-11(2)19)9-14-10-20-15(17-14)12-5-4-6-13(16)7-12/h4-7,10-11,19H,3,8-9H2,1-2H3/t11-/m1/s1. The number of nitrogens with zero attached hydrogens (tertiary/aromatic N) is 2. The van der Waals surface area contributed by atoms with Crippen LogP contribution in [0.25, 0.3) is 11.5 Å². The van der Waals surface area contributed by atoms with Crippen LogP contribution in [0.5, 0.6) is 0 Å². The lowest BCUT2D eigenvalue weighted by atomic mass is 10.2. The molecule has 0 spiro atoms. The zero-order valence-electron chi connectivity index (χ0n) is 11.7. The molecular weight excluding hydrogens is 276 g/mol. The van der Waals surface area contributed by atoms with Crippen LogP contribution in [-0.2, 0) is 6.54 Å². The van der Waals surface area contributed by atoms with Crippen LogP contribution in [0.1, 0.15) is 19.5 Å². The molecule has 1 N–H and O–H groups in total.